The number of hydrogen-bond acceptors (Lipinski definition) is 7. The molecular weight excluding hydrogens is 382 g/mol. The number of ether oxygens (including phenoxy) is 1. The van der Waals surface area contributed by atoms with Crippen LogP contribution in [0.5, 0.6) is 5.75 Å². The number of benzene rings is 1. The Morgan fingerprint density at radius 1 is 1.17 bits per heavy atom. The van der Waals surface area contributed by atoms with Crippen LogP contribution in [-0.4, -0.2) is 38.2 Å². The van der Waals surface area contributed by atoms with Crippen LogP contribution in [0.2, 0.25) is 0 Å². The summed E-state index contributed by atoms with van der Waals surface area (Å²) in [6.07, 6.45) is 7.23. The fraction of sp³-hybridized carbons (Fsp3) is 0.364. The lowest BCUT2D eigenvalue weighted by Crippen LogP contribution is -2.31. The van der Waals surface area contributed by atoms with Gasteiger partial charge in [0, 0.05) is 18.4 Å². The van der Waals surface area contributed by atoms with Gasteiger partial charge in [0.15, 0.2) is 0 Å². The van der Waals surface area contributed by atoms with Crippen molar-refractivity contribution in [2.75, 3.05) is 11.1 Å². The van der Waals surface area contributed by atoms with E-state index in [4.69, 9.17) is 10.5 Å². The fourth-order valence-corrected chi connectivity index (χ4v) is 3.96. The lowest BCUT2D eigenvalue weighted by Gasteiger charge is -2.30. The topological polar surface area (TPSA) is 123 Å². The highest BCUT2D eigenvalue weighted by Gasteiger charge is 2.25. The van der Waals surface area contributed by atoms with Crippen molar-refractivity contribution in [2.24, 2.45) is 0 Å². The van der Waals surface area contributed by atoms with Gasteiger partial charge in [-0.2, -0.15) is 0 Å². The summed E-state index contributed by atoms with van der Waals surface area (Å²) in [5.41, 5.74) is 8.52. The van der Waals surface area contributed by atoms with Crippen molar-refractivity contribution in [2.45, 2.75) is 51.7 Å². The molecule has 1 aliphatic rings. The van der Waals surface area contributed by atoms with E-state index in [0.717, 1.165) is 31.2 Å². The number of carbonyl (C=O) groups is 1. The van der Waals surface area contributed by atoms with E-state index in [-0.39, 0.29) is 17.4 Å². The average molecular weight is 407 g/mol. The van der Waals surface area contributed by atoms with Crippen molar-refractivity contribution < 1.29 is 14.6 Å². The minimum absolute atomic E-state index is 0.0292. The van der Waals surface area contributed by atoms with Crippen LogP contribution in [0.1, 0.15) is 47.3 Å². The SMILES string of the molecule is Cc1cnc(N[C@H]2CC[C@H](Oc3cccc4nc(C)c(C(=O)O)c(N)c34)CC2)nc1. The van der Waals surface area contributed by atoms with Crippen LogP contribution in [0.3, 0.4) is 0 Å². The quantitative estimate of drug-likeness (QED) is 0.585. The summed E-state index contributed by atoms with van der Waals surface area (Å²) in [7, 11) is 0. The van der Waals surface area contributed by atoms with Gasteiger partial charge in [-0.1, -0.05) is 6.07 Å². The first-order valence-corrected chi connectivity index (χ1v) is 10.1. The Labute approximate surface area is 174 Å². The van der Waals surface area contributed by atoms with Gasteiger partial charge in [-0.25, -0.2) is 14.8 Å². The van der Waals surface area contributed by atoms with E-state index in [1.165, 1.54) is 0 Å². The van der Waals surface area contributed by atoms with Crippen LogP contribution < -0.4 is 15.8 Å². The first-order chi connectivity index (χ1) is 14.4. The van der Waals surface area contributed by atoms with E-state index < -0.39 is 5.97 Å². The van der Waals surface area contributed by atoms with Gasteiger partial charge >= 0.3 is 5.97 Å². The summed E-state index contributed by atoms with van der Waals surface area (Å²) in [6.45, 7) is 3.61. The molecule has 8 nitrogen and oxygen atoms in total. The summed E-state index contributed by atoms with van der Waals surface area (Å²) < 4.78 is 6.27. The molecule has 0 unspecified atom stereocenters. The number of carboxylic acids is 1. The lowest BCUT2D eigenvalue weighted by molar-refractivity contribution is 0.0697. The Morgan fingerprint density at radius 2 is 1.87 bits per heavy atom. The molecule has 156 valence electrons. The van der Waals surface area contributed by atoms with E-state index in [0.29, 0.717) is 34.3 Å². The number of nitrogens with zero attached hydrogens (tertiary/aromatic N) is 3. The normalized spacial score (nSPS) is 18.9. The number of nitrogen functional groups attached to an aromatic ring is 1. The molecule has 0 radical (unpaired) electrons. The maximum atomic E-state index is 11.6. The van der Waals surface area contributed by atoms with Crippen molar-refractivity contribution in [3.05, 3.63) is 47.4 Å². The zero-order valence-corrected chi connectivity index (χ0v) is 17.1. The molecule has 1 aromatic carbocycles. The maximum Gasteiger partial charge on any atom is 0.339 e. The van der Waals surface area contributed by atoms with Gasteiger partial charge in [-0.3, -0.25) is 4.98 Å². The molecular formula is C22H25N5O3. The zero-order valence-electron chi connectivity index (χ0n) is 17.1. The third-order valence-electron chi connectivity index (χ3n) is 5.49. The van der Waals surface area contributed by atoms with Crippen LogP contribution >= 0.6 is 0 Å². The average Bonchev–Trinajstić information content (AvgIpc) is 2.71. The van der Waals surface area contributed by atoms with Gasteiger partial charge in [-0.05, 0) is 57.2 Å². The molecule has 3 aromatic rings. The van der Waals surface area contributed by atoms with E-state index >= 15 is 0 Å². The molecule has 0 spiro atoms. The summed E-state index contributed by atoms with van der Waals surface area (Å²) >= 11 is 0. The van der Waals surface area contributed by atoms with Crippen molar-refractivity contribution >= 4 is 28.5 Å². The first kappa shape index (κ1) is 19.9. The van der Waals surface area contributed by atoms with Crippen LogP contribution in [0.25, 0.3) is 10.9 Å². The zero-order chi connectivity index (χ0) is 21.3. The van der Waals surface area contributed by atoms with Crippen molar-refractivity contribution in [3.63, 3.8) is 0 Å². The number of anilines is 2. The predicted octanol–water partition coefficient (Wildman–Crippen LogP) is 3.72. The number of carboxylic acid groups (broad SMARTS) is 1. The largest absolute Gasteiger partial charge is 0.490 e. The number of hydrogen-bond donors (Lipinski definition) is 3. The second-order valence-corrected chi connectivity index (χ2v) is 7.76. The first-order valence-electron chi connectivity index (χ1n) is 10.1. The van der Waals surface area contributed by atoms with Gasteiger partial charge in [0.1, 0.15) is 11.3 Å². The predicted molar refractivity (Wildman–Crippen MR) is 115 cm³/mol. The summed E-state index contributed by atoms with van der Waals surface area (Å²) in [6, 6.07) is 5.80. The third-order valence-corrected chi connectivity index (χ3v) is 5.49. The Morgan fingerprint density at radius 3 is 2.53 bits per heavy atom. The number of aryl methyl sites for hydroxylation is 2. The van der Waals surface area contributed by atoms with Gasteiger partial charge in [-0.15, -0.1) is 0 Å². The Hall–Kier alpha value is -3.42. The molecule has 1 fully saturated rings. The van der Waals surface area contributed by atoms with Crippen molar-refractivity contribution in [3.8, 4) is 5.75 Å². The fourth-order valence-electron chi connectivity index (χ4n) is 3.96. The van der Waals surface area contributed by atoms with Gasteiger partial charge in [0.05, 0.1) is 28.4 Å². The molecule has 0 amide bonds. The highest BCUT2D eigenvalue weighted by atomic mass is 16.5. The van der Waals surface area contributed by atoms with Crippen LogP contribution in [0, 0.1) is 13.8 Å². The van der Waals surface area contributed by atoms with Gasteiger partial charge in [0.2, 0.25) is 5.95 Å². The number of nitrogens with one attached hydrogen (secondary N) is 1. The summed E-state index contributed by atoms with van der Waals surface area (Å²) in [4.78, 5) is 24.6. The Bertz CT molecular complexity index is 1080. The molecule has 2 heterocycles. The highest BCUT2D eigenvalue weighted by Crippen LogP contribution is 2.35. The van der Waals surface area contributed by atoms with Gasteiger partial charge in [0.25, 0.3) is 0 Å². The maximum absolute atomic E-state index is 11.6. The molecule has 2 aromatic heterocycles. The van der Waals surface area contributed by atoms with E-state index in [1.807, 2.05) is 25.1 Å². The molecule has 0 bridgehead atoms. The molecule has 1 saturated carbocycles. The van der Waals surface area contributed by atoms with Crippen LogP contribution in [-0.2, 0) is 0 Å². The molecule has 30 heavy (non-hydrogen) atoms. The van der Waals surface area contributed by atoms with E-state index in [2.05, 4.69) is 20.3 Å². The summed E-state index contributed by atoms with van der Waals surface area (Å²) in [5, 5.41) is 13.5. The minimum Gasteiger partial charge on any atom is -0.490 e. The van der Waals surface area contributed by atoms with Gasteiger partial charge < -0.3 is 20.9 Å². The van der Waals surface area contributed by atoms with Crippen molar-refractivity contribution in [1.82, 2.24) is 15.0 Å². The number of aromatic carboxylic acids is 1. The smallest absolute Gasteiger partial charge is 0.339 e. The lowest BCUT2D eigenvalue weighted by atomic mass is 9.93. The highest BCUT2D eigenvalue weighted by molar-refractivity contribution is 6.06. The van der Waals surface area contributed by atoms with Crippen molar-refractivity contribution in [1.29, 1.82) is 0 Å². The Kier molecular flexibility index (Phi) is 5.39. The minimum atomic E-state index is -1.08. The molecule has 0 aliphatic heterocycles. The summed E-state index contributed by atoms with van der Waals surface area (Å²) in [5.74, 6) is 0.145. The number of aromatic nitrogens is 3. The number of fused-ring (bicyclic) bond motifs is 1. The molecule has 4 rings (SSSR count). The monoisotopic (exact) mass is 407 g/mol. The molecule has 0 atom stereocenters. The van der Waals surface area contributed by atoms with Crippen LogP contribution in [0.15, 0.2) is 30.6 Å². The Balaban J connectivity index is 1.48. The van der Waals surface area contributed by atoms with E-state index in [9.17, 15) is 9.90 Å². The molecule has 8 heteroatoms. The molecule has 4 N–H and O–H groups in total. The van der Waals surface area contributed by atoms with Crippen LogP contribution in [0.4, 0.5) is 11.6 Å². The second-order valence-electron chi connectivity index (χ2n) is 7.76. The number of pyridine rings is 1. The number of nitrogens with two attached hydrogens (primary N) is 1. The molecule has 1 aliphatic carbocycles. The number of rotatable bonds is 5. The standard InChI is InChI=1S/C22H25N5O3/c1-12-10-24-22(25-11-12)27-14-6-8-15(9-7-14)30-17-5-3-4-16-19(17)20(23)18(21(28)29)13(2)26-16/h3-5,10-11,14-15H,6-9H2,1-2H3,(H2,23,26)(H,28,29)(H,24,25,27)/t14-,15-. The third kappa shape index (κ3) is 3.98. The van der Waals surface area contributed by atoms with E-state index in [1.54, 1.807) is 19.3 Å². The molecule has 0 saturated heterocycles. The second kappa shape index (κ2) is 8.14.